The molecule has 0 atom stereocenters. The van der Waals surface area contributed by atoms with E-state index in [2.05, 4.69) is 21.1 Å². The molecule has 0 aromatic heterocycles. The van der Waals surface area contributed by atoms with E-state index >= 15 is 0 Å². The van der Waals surface area contributed by atoms with Gasteiger partial charge in [-0.15, -0.1) is 0 Å². The van der Waals surface area contributed by atoms with Crippen molar-refractivity contribution in [2.75, 3.05) is 10.9 Å². The number of nitro benzene ring substituents is 2. The van der Waals surface area contributed by atoms with Crippen LogP contribution in [0.25, 0.3) is 0 Å². The summed E-state index contributed by atoms with van der Waals surface area (Å²) in [5, 5.41) is 30.8. The summed E-state index contributed by atoms with van der Waals surface area (Å²) in [6.45, 7) is 0. The van der Waals surface area contributed by atoms with E-state index in [1.165, 1.54) is 18.5 Å². The van der Waals surface area contributed by atoms with Crippen LogP contribution in [0.1, 0.15) is 11.1 Å². The number of nitrogens with zero attached hydrogens (tertiary/aromatic N) is 4. The molecule has 0 bridgehead atoms. The minimum atomic E-state index is -0.694. The van der Waals surface area contributed by atoms with Crippen LogP contribution in [0, 0.1) is 20.2 Å². The second kappa shape index (κ2) is 9.55. The third kappa shape index (κ3) is 5.23. The third-order valence-corrected chi connectivity index (χ3v) is 3.91. The van der Waals surface area contributed by atoms with Crippen molar-refractivity contribution in [2.45, 2.75) is 0 Å². The normalized spacial score (nSPS) is 10.9. The highest BCUT2D eigenvalue weighted by Crippen LogP contribution is 2.27. The SMILES string of the molecule is O=[N+]([O-])c1cc([N+](=O)[O-])c(C=NNc2ccccc2)cc1C=NNc1ccccc1. The predicted octanol–water partition coefficient (Wildman–Crippen LogP) is 4.40. The molecular weight excluding hydrogens is 388 g/mol. The van der Waals surface area contributed by atoms with Crippen molar-refractivity contribution in [2.24, 2.45) is 10.2 Å². The van der Waals surface area contributed by atoms with Crippen molar-refractivity contribution in [3.05, 3.63) is 104 Å². The fourth-order valence-corrected chi connectivity index (χ4v) is 2.51. The molecule has 150 valence electrons. The number of hydrazone groups is 2. The van der Waals surface area contributed by atoms with E-state index in [-0.39, 0.29) is 11.1 Å². The molecule has 0 aliphatic carbocycles. The molecule has 0 spiro atoms. The summed E-state index contributed by atoms with van der Waals surface area (Å²) in [6.07, 6.45) is 2.47. The molecule has 0 radical (unpaired) electrons. The lowest BCUT2D eigenvalue weighted by Gasteiger charge is -2.03. The zero-order valence-corrected chi connectivity index (χ0v) is 15.5. The first-order valence-corrected chi connectivity index (χ1v) is 8.69. The molecule has 3 rings (SSSR count). The highest BCUT2D eigenvalue weighted by molar-refractivity contribution is 5.94. The minimum absolute atomic E-state index is 0.0928. The number of hydrogen-bond acceptors (Lipinski definition) is 8. The molecule has 0 heterocycles. The van der Waals surface area contributed by atoms with Gasteiger partial charge in [-0.25, -0.2) is 0 Å². The maximum absolute atomic E-state index is 11.4. The highest BCUT2D eigenvalue weighted by atomic mass is 16.6. The van der Waals surface area contributed by atoms with Gasteiger partial charge in [-0.3, -0.25) is 31.1 Å². The first kappa shape index (κ1) is 20.1. The number of hydrogen-bond donors (Lipinski definition) is 2. The van der Waals surface area contributed by atoms with Crippen molar-refractivity contribution in [3.63, 3.8) is 0 Å². The van der Waals surface area contributed by atoms with Gasteiger partial charge in [-0.2, -0.15) is 10.2 Å². The lowest BCUT2D eigenvalue weighted by atomic mass is 10.1. The van der Waals surface area contributed by atoms with Crippen molar-refractivity contribution in [1.82, 2.24) is 0 Å². The zero-order chi connectivity index (χ0) is 21.3. The average Bonchev–Trinajstić information content (AvgIpc) is 2.75. The molecule has 0 fully saturated rings. The van der Waals surface area contributed by atoms with Gasteiger partial charge in [-0.1, -0.05) is 36.4 Å². The average molecular weight is 404 g/mol. The van der Waals surface area contributed by atoms with E-state index in [0.717, 1.165) is 6.07 Å². The Kier molecular flexibility index (Phi) is 6.41. The van der Waals surface area contributed by atoms with E-state index in [4.69, 9.17) is 0 Å². The molecule has 3 aromatic carbocycles. The number of benzene rings is 3. The molecule has 2 N–H and O–H groups in total. The first-order chi connectivity index (χ1) is 14.5. The van der Waals surface area contributed by atoms with Crippen molar-refractivity contribution in [1.29, 1.82) is 0 Å². The molecule has 10 nitrogen and oxygen atoms in total. The highest BCUT2D eigenvalue weighted by Gasteiger charge is 2.23. The molecule has 30 heavy (non-hydrogen) atoms. The van der Waals surface area contributed by atoms with Crippen LogP contribution in [0.3, 0.4) is 0 Å². The zero-order valence-electron chi connectivity index (χ0n) is 15.5. The van der Waals surface area contributed by atoms with E-state index in [9.17, 15) is 20.2 Å². The van der Waals surface area contributed by atoms with Gasteiger partial charge >= 0.3 is 0 Å². The van der Waals surface area contributed by atoms with Crippen LogP contribution in [-0.2, 0) is 0 Å². The molecule has 0 unspecified atom stereocenters. The van der Waals surface area contributed by atoms with Gasteiger partial charge in [0.05, 0.1) is 50.8 Å². The maximum Gasteiger partial charge on any atom is 0.285 e. The van der Waals surface area contributed by atoms with E-state index < -0.39 is 21.2 Å². The van der Waals surface area contributed by atoms with Gasteiger partial charge in [0.2, 0.25) is 0 Å². The van der Waals surface area contributed by atoms with Gasteiger partial charge in [-0.05, 0) is 30.3 Å². The topological polar surface area (TPSA) is 135 Å². The molecule has 0 saturated heterocycles. The molecular formula is C20H16N6O4. The number of rotatable bonds is 8. The fourth-order valence-electron chi connectivity index (χ4n) is 2.51. The molecule has 0 aliphatic rings. The van der Waals surface area contributed by atoms with Crippen LogP contribution in [-0.4, -0.2) is 22.3 Å². The lowest BCUT2D eigenvalue weighted by Crippen LogP contribution is -2.03. The van der Waals surface area contributed by atoms with Crippen LogP contribution < -0.4 is 10.9 Å². The fraction of sp³-hybridized carbons (Fsp3) is 0. The minimum Gasteiger partial charge on any atom is -0.279 e. The first-order valence-electron chi connectivity index (χ1n) is 8.69. The summed E-state index contributed by atoms with van der Waals surface area (Å²) in [5.74, 6) is 0. The predicted molar refractivity (Wildman–Crippen MR) is 115 cm³/mol. The van der Waals surface area contributed by atoms with Crippen LogP contribution >= 0.6 is 0 Å². The van der Waals surface area contributed by atoms with Crippen molar-refractivity contribution < 1.29 is 9.85 Å². The van der Waals surface area contributed by atoms with Crippen LogP contribution in [0.5, 0.6) is 0 Å². The molecule has 10 heteroatoms. The Morgan fingerprint density at radius 1 is 0.667 bits per heavy atom. The van der Waals surface area contributed by atoms with E-state index in [0.29, 0.717) is 11.4 Å². The Balaban J connectivity index is 1.91. The number of nitro groups is 2. The summed E-state index contributed by atoms with van der Waals surface area (Å²) in [4.78, 5) is 21.4. The summed E-state index contributed by atoms with van der Waals surface area (Å²) in [6, 6.07) is 20.2. The second-order valence-corrected chi connectivity index (χ2v) is 5.96. The van der Waals surface area contributed by atoms with Gasteiger partial charge in [0.15, 0.2) is 0 Å². The maximum atomic E-state index is 11.4. The summed E-state index contributed by atoms with van der Waals surface area (Å²) in [7, 11) is 0. The summed E-state index contributed by atoms with van der Waals surface area (Å²) < 4.78 is 0. The van der Waals surface area contributed by atoms with Crippen molar-refractivity contribution in [3.8, 4) is 0 Å². The van der Waals surface area contributed by atoms with Gasteiger partial charge in [0, 0.05) is 0 Å². The Hall–Kier alpha value is -4.60. The lowest BCUT2D eigenvalue weighted by molar-refractivity contribution is -0.394. The number of para-hydroxylation sites is 2. The van der Waals surface area contributed by atoms with E-state index in [1.54, 1.807) is 48.5 Å². The van der Waals surface area contributed by atoms with Gasteiger partial charge < -0.3 is 0 Å². The molecule has 0 amide bonds. The van der Waals surface area contributed by atoms with Crippen LogP contribution in [0.4, 0.5) is 22.7 Å². The standard InChI is InChI=1S/C20H16N6O4/c27-25(28)19-12-20(26(29)30)16(14-22-24-18-9-5-2-6-10-18)11-15(19)13-21-23-17-7-3-1-4-8-17/h1-14,23-24H. The van der Waals surface area contributed by atoms with E-state index in [1.807, 2.05) is 12.1 Å². The Morgan fingerprint density at radius 2 is 1.07 bits per heavy atom. The Labute approximate surface area is 170 Å². The molecule has 0 saturated carbocycles. The largest absolute Gasteiger partial charge is 0.285 e. The summed E-state index contributed by atoms with van der Waals surface area (Å²) in [5.41, 5.74) is 6.18. The second-order valence-electron chi connectivity index (χ2n) is 5.96. The van der Waals surface area contributed by atoms with Crippen molar-refractivity contribution >= 4 is 35.2 Å². The quantitative estimate of drug-likeness (QED) is 0.325. The van der Waals surface area contributed by atoms with Gasteiger partial charge in [0.25, 0.3) is 11.4 Å². The summed E-state index contributed by atoms with van der Waals surface area (Å²) >= 11 is 0. The Morgan fingerprint density at radius 3 is 1.43 bits per heavy atom. The monoisotopic (exact) mass is 404 g/mol. The number of nitrogens with one attached hydrogen (secondary N) is 2. The van der Waals surface area contributed by atoms with Crippen LogP contribution in [0.15, 0.2) is 83.0 Å². The Bertz CT molecular complexity index is 1020. The molecule has 0 aliphatic heterocycles. The third-order valence-electron chi connectivity index (χ3n) is 3.91. The van der Waals surface area contributed by atoms with Crippen LogP contribution in [0.2, 0.25) is 0 Å². The molecule has 3 aromatic rings. The smallest absolute Gasteiger partial charge is 0.279 e. The van der Waals surface area contributed by atoms with Gasteiger partial charge in [0.1, 0.15) is 0 Å². The number of anilines is 2.